The molecule has 0 aliphatic rings. The van der Waals surface area contributed by atoms with Gasteiger partial charge in [-0.25, -0.2) is 9.59 Å². The van der Waals surface area contributed by atoms with E-state index in [1.807, 2.05) is 0 Å². The number of hydrogen-bond donors (Lipinski definition) is 6. The van der Waals surface area contributed by atoms with Crippen molar-refractivity contribution >= 4 is 35.8 Å². The van der Waals surface area contributed by atoms with Crippen LogP contribution in [0.1, 0.15) is 90.4 Å². The van der Waals surface area contributed by atoms with Crippen molar-refractivity contribution in [1.82, 2.24) is 31.9 Å². The molecule has 0 aromatic heterocycles. The molecule has 0 radical (unpaired) electrons. The second-order valence-corrected chi connectivity index (χ2v) is 13.9. The molecule has 2 atom stereocenters. The molecule has 14 nitrogen and oxygen atoms in total. The molecule has 2 aromatic rings. The summed E-state index contributed by atoms with van der Waals surface area (Å²) < 4.78 is 10.6. The molecule has 0 fully saturated rings. The Morgan fingerprint density at radius 2 is 0.870 bits per heavy atom. The van der Waals surface area contributed by atoms with E-state index >= 15 is 0 Å². The lowest BCUT2D eigenvalue weighted by Crippen LogP contribution is -2.44. The molecule has 0 saturated heterocycles. The largest absolute Gasteiger partial charge is 0.444 e. The summed E-state index contributed by atoms with van der Waals surface area (Å²) in [5, 5.41) is 16.0. The zero-order valence-electron chi connectivity index (χ0n) is 31.9. The molecule has 2 aromatic carbocycles. The molecule has 2 rings (SSSR count). The van der Waals surface area contributed by atoms with Gasteiger partial charge in [0.25, 0.3) is 0 Å². The fraction of sp³-hybridized carbons (Fsp3) is 0.450. The summed E-state index contributed by atoms with van der Waals surface area (Å²) in [4.78, 5) is 74.7. The first kappa shape index (κ1) is 44.1. The number of ether oxygens (including phenoxy) is 2. The number of benzene rings is 2. The van der Waals surface area contributed by atoms with Crippen molar-refractivity contribution in [3.63, 3.8) is 0 Å². The van der Waals surface area contributed by atoms with Gasteiger partial charge < -0.3 is 41.4 Å². The van der Waals surface area contributed by atoms with Crippen LogP contribution in [-0.4, -0.2) is 73.2 Å². The van der Waals surface area contributed by atoms with Crippen LogP contribution in [0.5, 0.6) is 0 Å². The van der Waals surface area contributed by atoms with Crippen LogP contribution < -0.4 is 31.9 Å². The molecule has 0 heterocycles. The number of hydrogen-bond acceptors (Lipinski definition) is 8. The van der Waals surface area contributed by atoms with Crippen LogP contribution in [0, 0.1) is 23.7 Å². The van der Waals surface area contributed by atoms with Crippen LogP contribution in [0.3, 0.4) is 0 Å². The van der Waals surface area contributed by atoms with E-state index in [-0.39, 0.29) is 63.7 Å². The second kappa shape index (κ2) is 22.8. The lowest BCUT2D eigenvalue weighted by Gasteiger charge is -2.23. The van der Waals surface area contributed by atoms with E-state index in [0.717, 1.165) is 0 Å². The summed E-state index contributed by atoms with van der Waals surface area (Å²) in [7, 11) is 0. The number of nitrogens with one attached hydrogen (secondary N) is 6. The highest BCUT2D eigenvalue weighted by Crippen LogP contribution is 2.16. The van der Waals surface area contributed by atoms with Crippen LogP contribution in [0.15, 0.2) is 60.7 Å². The summed E-state index contributed by atoms with van der Waals surface area (Å²) in [5.41, 5.74) is -0.294. The van der Waals surface area contributed by atoms with Crippen molar-refractivity contribution in [3.05, 3.63) is 71.8 Å². The van der Waals surface area contributed by atoms with Gasteiger partial charge in [0.15, 0.2) is 0 Å². The van der Waals surface area contributed by atoms with Gasteiger partial charge >= 0.3 is 12.2 Å². The Balaban J connectivity index is 1.64. The molecule has 6 N–H and O–H groups in total. The van der Waals surface area contributed by atoms with E-state index in [2.05, 4.69) is 55.6 Å². The SMILES string of the molecule is CC(C)(C)OC(=O)N[C@H](C(=O)NCCNC(=O)CCC#CC#CCCC(=O)NCCNC(=O)[C@@H](NC(=O)OC(C)(C)C)c1ccccc1)c1ccccc1. The highest BCUT2D eigenvalue weighted by Gasteiger charge is 2.27. The zero-order valence-corrected chi connectivity index (χ0v) is 31.9. The topological polar surface area (TPSA) is 193 Å². The Hall–Kier alpha value is -6.02. The fourth-order valence-corrected chi connectivity index (χ4v) is 4.46. The van der Waals surface area contributed by atoms with Gasteiger partial charge in [0, 0.05) is 51.9 Å². The molecule has 14 heteroatoms. The van der Waals surface area contributed by atoms with E-state index in [1.165, 1.54) is 0 Å². The Kier molecular flexibility index (Phi) is 18.7. The molecule has 0 aliphatic carbocycles. The molecule has 0 bridgehead atoms. The fourth-order valence-electron chi connectivity index (χ4n) is 4.46. The first-order valence-electron chi connectivity index (χ1n) is 17.7. The number of rotatable bonds is 16. The maximum atomic E-state index is 12.9. The molecular formula is C40H52N6O8. The smallest absolute Gasteiger partial charge is 0.408 e. The average molecular weight is 745 g/mol. The standard InChI is InChI=1S/C40H52N6O8/c1-39(2,3)53-37(51)45-33(29-19-13-11-14-20-29)35(49)43-27-25-41-31(47)23-17-9-7-8-10-18-24-32(48)42-26-28-44-36(50)34(30-21-15-12-16-22-30)46-38(52)54-40(4,5)6/h11-16,19-22,33-34H,17-18,23-28H2,1-6H3,(H,41,47)(H,42,48)(H,43,49)(H,44,50)(H,45,51)(H,46,52)/t33-,34-/m0/s1. The third-order valence-corrected chi connectivity index (χ3v) is 6.80. The van der Waals surface area contributed by atoms with Crippen molar-refractivity contribution in [1.29, 1.82) is 0 Å². The van der Waals surface area contributed by atoms with Crippen LogP contribution in [0.25, 0.3) is 0 Å². The van der Waals surface area contributed by atoms with Crippen LogP contribution >= 0.6 is 0 Å². The van der Waals surface area contributed by atoms with Gasteiger partial charge in [-0.15, -0.1) is 0 Å². The number of carbonyl (C=O) groups is 6. The maximum absolute atomic E-state index is 12.9. The van der Waals surface area contributed by atoms with Crippen molar-refractivity contribution in [2.75, 3.05) is 26.2 Å². The van der Waals surface area contributed by atoms with Gasteiger partial charge in [-0.1, -0.05) is 72.5 Å². The van der Waals surface area contributed by atoms with E-state index < -0.39 is 47.3 Å². The molecule has 6 amide bonds. The summed E-state index contributed by atoms with van der Waals surface area (Å²) in [5.74, 6) is 9.51. The van der Waals surface area contributed by atoms with Crippen molar-refractivity contribution < 1.29 is 38.2 Å². The third-order valence-electron chi connectivity index (χ3n) is 6.80. The van der Waals surface area contributed by atoms with E-state index in [0.29, 0.717) is 11.1 Å². The first-order valence-corrected chi connectivity index (χ1v) is 17.7. The molecule has 0 aliphatic heterocycles. The van der Waals surface area contributed by atoms with Crippen LogP contribution in [0.4, 0.5) is 9.59 Å². The molecule has 290 valence electrons. The normalized spacial score (nSPS) is 11.7. The Morgan fingerprint density at radius 1 is 0.537 bits per heavy atom. The van der Waals surface area contributed by atoms with Crippen molar-refractivity contribution in [3.8, 4) is 23.7 Å². The van der Waals surface area contributed by atoms with Gasteiger partial charge in [0.2, 0.25) is 23.6 Å². The van der Waals surface area contributed by atoms with E-state index in [1.54, 1.807) is 102 Å². The number of alkyl carbamates (subject to hydrolysis) is 2. The summed E-state index contributed by atoms with van der Waals surface area (Å²) in [6.45, 7) is 11.0. The molecular weight excluding hydrogens is 692 g/mol. The van der Waals surface area contributed by atoms with Gasteiger partial charge in [-0.2, -0.15) is 0 Å². The predicted molar refractivity (Wildman–Crippen MR) is 203 cm³/mol. The number of carbonyl (C=O) groups excluding carboxylic acids is 6. The first-order chi connectivity index (χ1) is 25.5. The monoisotopic (exact) mass is 744 g/mol. The Labute approximate surface area is 317 Å². The maximum Gasteiger partial charge on any atom is 0.408 e. The van der Waals surface area contributed by atoms with Crippen molar-refractivity contribution in [2.45, 2.75) is 90.5 Å². The Bertz CT molecular complexity index is 1550. The highest BCUT2D eigenvalue weighted by molar-refractivity contribution is 5.87. The van der Waals surface area contributed by atoms with E-state index in [9.17, 15) is 28.8 Å². The lowest BCUT2D eigenvalue weighted by atomic mass is 10.1. The Morgan fingerprint density at radius 3 is 1.20 bits per heavy atom. The van der Waals surface area contributed by atoms with E-state index in [4.69, 9.17) is 9.47 Å². The van der Waals surface area contributed by atoms with Gasteiger partial charge in [-0.3, -0.25) is 19.2 Å². The minimum atomic E-state index is -0.974. The summed E-state index contributed by atoms with van der Waals surface area (Å²) in [6, 6.07) is 15.6. The lowest BCUT2D eigenvalue weighted by molar-refractivity contribution is -0.124. The van der Waals surface area contributed by atoms with Crippen LogP contribution in [-0.2, 0) is 28.7 Å². The van der Waals surface area contributed by atoms with Gasteiger partial charge in [0.05, 0.1) is 0 Å². The minimum absolute atomic E-state index is 0.136. The predicted octanol–water partition coefficient (Wildman–Crippen LogP) is 3.55. The molecule has 0 saturated carbocycles. The molecule has 0 unspecified atom stereocenters. The zero-order chi connectivity index (χ0) is 40.0. The van der Waals surface area contributed by atoms with Gasteiger partial charge in [-0.05, 0) is 64.5 Å². The summed E-state index contributed by atoms with van der Waals surface area (Å²) in [6.07, 6.45) is -0.634. The molecule has 0 spiro atoms. The quantitative estimate of drug-likeness (QED) is 0.111. The van der Waals surface area contributed by atoms with Crippen molar-refractivity contribution in [2.24, 2.45) is 0 Å². The molecule has 54 heavy (non-hydrogen) atoms. The number of amides is 6. The second-order valence-electron chi connectivity index (χ2n) is 13.9. The third kappa shape index (κ3) is 19.6. The van der Waals surface area contributed by atoms with Crippen LogP contribution in [0.2, 0.25) is 0 Å². The average Bonchev–Trinajstić information content (AvgIpc) is 3.10. The highest BCUT2D eigenvalue weighted by atomic mass is 16.6. The minimum Gasteiger partial charge on any atom is -0.444 e. The van der Waals surface area contributed by atoms with Gasteiger partial charge in [0.1, 0.15) is 23.3 Å². The summed E-state index contributed by atoms with van der Waals surface area (Å²) >= 11 is 0.